The second-order valence-electron chi connectivity index (χ2n) is 8.36. The second kappa shape index (κ2) is 7.53. The standard InChI is InChI=1S/C20H31FN4O/c1-15-18-13-17(21)6-5-16(18)7-8-25(15)19(26)22-20(2,3)14-24-11-9-23(4)10-12-24/h5-6,13,15H,7-12,14H2,1-4H3,(H,22,26)/t15-/m0/s1. The summed E-state index contributed by atoms with van der Waals surface area (Å²) < 4.78 is 13.6. The third-order valence-corrected chi connectivity index (χ3v) is 5.57. The lowest BCUT2D eigenvalue weighted by molar-refractivity contribution is 0.117. The number of piperazine rings is 1. The first-order valence-corrected chi connectivity index (χ1v) is 9.53. The molecular weight excluding hydrogens is 331 g/mol. The molecule has 1 aromatic rings. The van der Waals surface area contributed by atoms with Gasteiger partial charge in [0.1, 0.15) is 5.82 Å². The van der Waals surface area contributed by atoms with Gasteiger partial charge in [0.15, 0.2) is 0 Å². The third kappa shape index (κ3) is 4.35. The molecule has 0 aromatic heterocycles. The van der Waals surface area contributed by atoms with Crippen molar-refractivity contribution in [3.63, 3.8) is 0 Å². The first-order valence-electron chi connectivity index (χ1n) is 9.53. The van der Waals surface area contributed by atoms with Gasteiger partial charge < -0.3 is 15.1 Å². The van der Waals surface area contributed by atoms with Crippen LogP contribution in [0.4, 0.5) is 9.18 Å². The quantitative estimate of drug-likeness (QED) is 0.898. The van der Waals surface area contributed by atoms with Crippen LogP contribution in [-0.4, -0.2) is 72.6 Å². The largest absolute Gasteiger partial charge is 0.332 e. The van der Waals surface area contributed by atoms with E-state index in [1.54, 1.807) is 6.07 Å². The molecule has 0 spiro atoms. The Labute approximate surface area is 156 Å². The Morgan fingerprint density at radius 3 is 2.62 bits per heavy atom. The average molecular weight is 362 g/mol. The molecule has 1 atom stereocenters. The van der Waals surface area contributed by atoms with Gasteiger partial charge in [-0.2, -0.15) is 0 Å². The Hall–Kier alpha value is -1.66. The summed E-state index contributed by atoms with van der Waals surface area (Å²) in [7, 11) is 2.14. The number of rotatable bonds is 3. The van der Waals surface area contributed by atoms with Crippen molar-refractivity contribution < 1.29 is 9.18 Å². The maximum atomic E-state index is 13.6. The van der Waals surface area contributed by atoms with E-state index >= 15 is 0 Å². The van der Waals surface area contributed by atoms with Crippen molar-refractivity contribution in [1.29, 1.82) is 0 Å². The minimum absolute atomic E-state index is 0.0634. The summed E-state index contributed by atoms with van der Waals surface area (Å²) in [5, 5.41) is 3.20. The molecule has 1 aromatic carbocycles. The van der Waals surface area contributed by atoms with Gasteiger partial charge in [0.05, 0.1) is 6.04 Å². The highest BCUT2D eigenvalue weighted by Gasteiger charge is 2.32. The molecule has 2 amide bonds. The zero-order valence-corrected chi connectivity index (χ0v) is 16.4. The molecule has 1 saturated heterocycles. The average Bonchev–Trinajstić information content (AvgIpc) is 2.57. The van der Waals surface area contributed by atoms with Crippen LogP contribution in [0.15, 0.2) is 18.2 Å². The van der Waals surface area contributed by atoms with E-state index in [0.717, 1.165) is 50.3 Å². The maximum Gasteiger partial charge on any atom is 0.318 e. The molecule has 5 nitrogen and oxygen atoms in total. The van der Waals surface area contributed by atoms with Crippen molar-refractivity contribution in [1.82, 2.24) is 20.0 Å². The Morgan fingerprint density at radius 2 is 1.92 bits per heavy atom. The first-order chi connectivity index (χ1) is 12.2. The van der Waals surface area contributed by atoms with Crippen molar-refractivity contribution in [3.8, 4) is 0 Å². The number of halogens is 1. The highest BCUT2D eigenvalue weighted by atomic mass is 19.1. The van der Waals surface area contributed by atoms with Crippen LogP contribution in [0.1, 0.15) is 37.9 Å². The van der Waals surface area contributed by atoms with Crippen molar-refractivity contribution in [2.75, 3.05) is 46.3 Å². The van der Waals surface area contributed by atoms with Gasteiger partial charge in [0, 0.05) is 44.8 Å². The number of hydrogen-bond acceptors (Lipinski definition) is 3. The Bertz CT molecular complexity index is 655. The van der Waals surface area contributed by atoms with Crippen LogP contribution >= 0.6 is 0 Å². The van der Waals surface area contributed by atoms with Crippen LogP contribution in [0.5, 0.6) is 0 Å². The SMILES string of the molecule is C[C@H]1c2cc(F)ccc2CCN1C(=O)NC(C)(C)CN1CCN(C)CC1. The van der Waals surface area contributed by atoms with E-state index in [9.17, 15) is 9.18 Å². The lowest BCUT2D eigenvalue weighted by Crippen LogP contribution is -2.58. The highest BCUT2D eigenvalue weighted by Crippen LogP contribution is 2.30. The van der Waals surface area contributed by atoms with E-state index in [4.69, 9.17) is 0 Å². The predicted molar refractivity (Wildman–Crippen MR) is 102 cm³/mol. The predicted octanol–water partition coefficient (Wildman–Crippen LogP) is 2.48. The lowest BCUT2D eigenvalue weighted by Gasteiger charge is -2.41. The van der Waals surface area contributed by atoms with E-state index in [1.807, 2.05) is 17.9 Å². The molecule has 6 heteroatoms. The maximum absolute atomic E-state index is 13.6. The molecule has 1 N–H and O–H groups in total. The van der Waals surface area contributed by atoms with Gasteiger partial charge in [-0.25, -0.2) is 9.18 Å². The van der Waals surface area contributed by atoms with Gasteiger partial charge in [0.25, 0.3) is 0 Å². The second-order valence-corrected chi connectivity index (χ2v) is 8.36. The molecule has 3 rings (SSSR count). The summed E-state index contributed by atoms with van der Waals surface area (Å²) in [5.41, 5.74) is 1.75. The number of benzene rings is 1. The topological polar surface area (TPSA) is 38.8 Å². The molecule has 2 heterocycles. The smallest absolute Gasteiger partial charge is 0.318 e. The van der Waals surface area contributed by atoms with Gasteiger partial charge in [-0.3, -0.25) is 4.90 Å². The number of urea groups is 1. The van der Waals surface area contributed by atoms with Gasteiger partial charge in [-0.15, -0.1) is 0 Å². The summed E-state index contributed by atoms with van der Waals surface area (Å²) in [5.74, 6) is -0.242. The van der Waals surface area contributed by atoms with Gasteiger partial charge >= 0.3 is 6.03 Å². The summed E-state index contributed by atoms with van der Waals surface area (Å²) in [6, 6.07) is 4.73. The Balaban J connectivity index is 1.62. The van der Waals surface area contributed by atoms with Crippen LogP contribution in [-0.2, 0) is 6.42 Å². The summed E-state index contributed by atoms with van der Waals surface area (Å²) >= 11 is 0. The highest BCUT2D eigenvalue weighted by molar-refractivity contribution is 5.76. The molecule has 1 fully saturated rings. The molecule has 0 unspecified atom stereocenters. The molecule has 0 bridgehead atoms. The normalized spacial score (nSPS) is 22.2. The van der Waals surface area contributed by atoms with Crippen LogP contribution in [0.2, 0.25) is 0 Å². The number of nitrogens with zero attached hydrogens (tertiary/aromatic N) is 3. The number of nitrogens with one attached hydrogen (secondary N) is 1. The van der Waals surface area contributed by atoms with Crippen molar-refractivity contribution in [2.24, 2.45) is 0 Å². The lowest BCUT2D eigenvalue weighted by atomic mass is 9.93. The molecule has 2 aliphatic rings. The van der Waals surface area contributed by atoms with Crippen molar-refractivity contribution >= 4 is 6.03 Å². The van der Waals surface area contributed by atoms with Crippen molar-refractivity contribution in [3.05, 3.63) is 35.1 Å². The van der Waals surface area contributed by atoms with Gasteiger partial charge in [0.2, 0.25) is 0 Å². The first kappa shape index (κ1) is 19.1. The Morgan fingerprint density at radius 1 is 1.23 bits per heavy atom. The van der Waals surface area contributed by atoms with E-state index in [-0.39, 0.29) is 23.4 Å². The fourth-order valence-corrected chi connectivity index (χ4v) is 4.03. The molecule has 144 valence electrons. The van der Waals surface area contributed by atoms with Crippen LogP contribution in [0.25, 0.3) is 0 Å². The zero-order valence-electron chi connectivity index (χ0n) is 16.4. The molecule has 0 radical (unpaired) electrons. The molecular formula is C20H31FN4O. The number of hydrogen-bond donors (Lipinski definition) is 1. The number of fused-ring (bicyclic) bond motifs is 1. The molecule has 26 heavy (non-hydrogen) atoms. The zero-order chi connectivity index (χ0) is 18.9. The van der Waals surface area contributed by atoms with Crippen LogP contribution < -0.4 is 5.32 Å². The monoisotopic (exact) mass is 362 g/mol. The number of carbonyl (C=O) groups is 1. The van der Waals surface area contributed by atoms with Crippen LogP contribution in [0.3, 0.4) is 0 Å². The number of carbonyl (C=O) groups excluding carboxylic acids is 1. The fraction of sp³-hybridized carbons (Fsp3) is 0.650. The van der Waals surface area contributed by atoms with E-state index in [0.29, 0.717) is 6.54 Å². The van der Waals surface area contributed by atoms with E-state index in [1.165, 1.54) is 6.07 Å². The van der Waals surface area contributed by atoms with Crippen molar-refractivity contribution in [2.45, 2.75) is 38.8 Å². The minimum atomic E-state index is -0.311. The van der Waals surface area contributed by atoms with Gasteiger partial charge in [-0.1, -0.05) is 6.07 Å². The summed E-state index contributed by atoms with van der Waals surface area (Å²) in [6.07, 6.45) is 0.770. The van der Waals surface area contributed by atoms with Gasteiger partial charge in [-0.05, 0) is 57.5 Å². The number of amides is 2. The number of likely N-dealkylation sites (N-methyl/N-ethyl adjacent to an activating group) is 1. The Kier molecular flexibility index (Phi) is 5.53. The molecule has 0 saturated carbocycles. The van der Waals surface area contributed by atoms with Crippen LogP contribution in [0, 0.1) is 5.82 Å². The van der Waals surface area contributed by atoms with E-state index < -0.39 is 0 Å². The molecule has 0 aliphatic carbocycles. The van der Waals surface area contributed by atoms with E-state index in [2.05, 4.69) is 36.0 Å². The fourth-order valence-electron chi connectivity index (χ4n) is 4.03. The molecule has 2 aliphatic heterocycles. The summed E-state index contributed by atoms with van der Waals surface area (Å²) in [6.45, 7) is 11.8. The summed E-state index contributed by atoms with van der Waals surface area (Å²) in [4.78, 5) is 19.5. The minimum Gasteiger partial charge on any atom is -0.332 e. The third-order valence-electron chi connectivity index (χ3n) is 5.57.